The van der Waals surface area contributed by atoms with Crippen LogP contribution in [0.3, 0.4) is 0 Å². The van der Waals surface area contributed by atoms with Crippen molar-refractivity contribution in [2.45, 2.75) is 0 Å². The fourth-order valence-electron chi connectivity index (χ4n) is 2.94. The van der Waals surface area contributed by atoms with Crippen molar-refractivity contribution in [2.24, 2.45) is 0 Å². The summed E-state index contributed by atoms with van der Waals surface area (Å²) < 4.78 is 20.4. The highest BCUT2D eigenvalue weighted by atomic mass is 35.5. The van der Waals surface area contributed by atoms with Crippen molar-refractivity contribution in [3.63, 3.8) is 0 Å². The summed E-state index contributed by atoms with van der Waals surface area (Å²) in [6.07, 6.45) is 1.72. The second kappa shape index (κ2) is 7.59. The van der Waals surface area contributed by atoms with E-state index >= 15 is 0 Å². The Balaban J connectivity index is 1.82. The van der Waals surface area contributed by atoms with Crippen LogP contribution in [0.2, 0.25) is 10.0 Å². The Morgan fingerprint density at radius 3 is 2.37 bits per heavy atom. The van der Waals surface area contributed by atoms with Crippen LogP contribution in [0.15, 0.2) is 79.0 Å². The van der Waals surface area contributed by atoms with Crippen LogP contribution in [0.1, 0.15) is 0 Å². The molecule has 0 N–H and O–H groups in total. The van der Waals surface area contributed by atoms with Gasteiger partial charge in [-0.3, -0.25) is 4.98 Å². The third-order valence-corrected chi connectivity index (χ3v) is 4.82. The molecule has 0 saturated heterocycles. The van der Waals surface area contributed by atoms with Gasteiger partial charge >= 0.3 is 6.92 Å². The summed E-state index contributed by atoms with van der Waals surface area (Å²) in [5.41, 5.74) is 2.23. The van der Waals surface area contributed by atoms with Gasteiger partial charge in [-0.1, -0.05) is 59.6 Å². The Bertz CT molecular complexity index is 1100. The largest absolute Gasteiger partial charge is 0.550 e. The lowest BCUT2D eigenvalue weighted by atomic mass is 9.55. The first-order valence-corrected chi connectivity index (χ1v) is 9.08. The van der Waals surface area contributed by atoms with Crippen molar-refractivity contribution in [2.75, 3.05) is 0 Å². The molecule has 0 aliphatic carbocycles. The minimum Gasteiger partial charge on any atom is -0.550 e. The molecule has 0 spiro atoms. The Hall–Kier alpha value is -2.56. The quantitative estimate of drug-likeness (QED) is 0.460. The number of aromatic nitrogens is 1. The summed E-state index contributed by atoms with van der Waals surface area (Å²) in [5, 5.41) is 1.65. The van der Waals surface area contributed by atoms with Crippen molar-refractivity contribution < 1.29 is 9.04 Å². The molecule has 3 aromatic carbocycles. The maximum atomic E-state index is 14.1. The molecular weight excluding hydrogens is 383 g/mol. The fourth-order valence-corrected chi connectivity index (χ4v) is 3.18. The topological polar surface area (TPSA) is 22.1 Å². The lowest BCUT2D eigenvalue weighted by Crippen LogP contribution is -2.47. The molecule has 1 heterocycles. The molecule has 6 heteroatoms. The number of fused-ring (bicyclic) bond motifs is 1. The van der Waals surface area contributed by atoms with E-state index in [2.05, 4.69) is 4.98 Å². The number of hydrogen-bond donors (Lipinski definition) is 0. The summed E-state index contributed by atoms with van der Waals surface area (Å²) >= 11 is 11.9. The lowest BCUT2D eigenvalue weighted by Gasteiger charge is -2.18. The average Bonchev–Trinajstić information content (AvgIpc) is 2.69. The molecular formula is C21H13BCl2FNO. The van der Waals surface area contributed by atoms with Gasteiger partial charge in [0.25, 0.3) is 0 Å². The van der Waals surface area contributed by atoms with E-state index in [1.54, 1.807) is 24.4 Å². The molecule has 0 radical (unpaired) electrons. The highest BCUT2D eigenvalue weighted by molar-refractivity contribution is 6.80. The van der Waals surface area contributed by atoms with E-state index in [0.29, 0.717) is 16.2 Å². The van der Waals surface area contributed by atoms with Gasteiger partial charge in [-0.25, -0.2) is 4.39 Å². The van der Waals surface area contributed by atoms with Crippen LogP contribution < -0.4 is 15.6 Å². The van der Waals surface area contributed by atoms with Crippen molar-refractivity contribution in [3.05, 3.63) is 94.9 Å². The van der Waals surface area contributed by atoms with E-state index < -0.39 is 12.7 Å². The van der Waals surface area contributed by atoms with Crippen LogP contribution in [0, 0.1) is 5.82 Å². The third-order valence-electron chi connectivity index (χ3n) is 4.26. The zero-order chi connectivity index (χ0) is 18.8. The molecule has 1 aromatic heterocycles. The molecule has 0 amide bonds. The van der Waals surface area contributed by atoms with E-state index in [0.717, 1.165) is 16.4 Å². The molecule has 132 valence electrons. The summed E-state index contributed by atoms with van der Waals surface area (Å²) in [5.74, 6) is 0.121. The number of benzene rings is 3. The maximum absolute atomic E-state index is 14.1. The van der Waals surface area contributed by atoms with Crippen molar-refractivity contribution in [1.82, 2.24) is 4.98 Å². The summed E-state index contributed by atoms with van der Waals surface area (Å²) in [4.78, 5) is 4.43. The van der Waals surface area contributed by atoms with Crippen LogP contribution in [0.4, 0.5) is 4.39 Å². The number of nitrogens with zero attached hydrogens (tertiary/aromatic N) is 1. The van der Waals surface area contributed by atoms with Crippen LogP contribution in [0.5, 0.6) is 5.75 Å². The Labute approximate surface area is 166 Å². The lowest BCUT2D eigenvalue weighted by molar-refractivity contribution is 0.595. The van der Waals surface area contributed by atoms with E-state index in [1.807, 2.05) is 42.5 Å². The first-order chi connectivity index (χ1) is 13.1. The summed E-state index contributed by atoms with van der Waals surface area (Å²) in [6.45, 7) is -0.540. The van der Waals surface area contributed by atoms with E-state index in [-0.39, 0.29) is 5.02 Å². The van der Waals surface area contributed by atoms with Crippen LogP contribution >= 0.6 is 23.2 Å². The zero-order valence-electron chi connectivity index (χ0n) is 14.1. The molecule has 27 heavy (non-hydrogen) atoms. The fraction of sp³-hybridized carbons (Fsp3) is 0. The van der Waals surface area contributed by atoms with Gasteiger partial charge in [-0.15, -0.1) is 0 Å². The Kier molecular flexibility index (Phi) is 5.02. The summed E-state index contributed by atoms with van der Waals surface area (Å²) in [6, 6.07) is 21.5. The van der Waals surface area contributed by atoms with Gasteiger partial charge in [-0.05, 0) is 47.3 Å². The predicted octanol–water partition coefficient (Wildman–Crippen LogP) is 4.87. The average molecular weight is 396 g/mol. The first-order valence-electron chi connectivity index (χ1n) is 8.32. The van der Waals surface area contributed by atoms with Gasteiger partial charge in [-0.2, -0.15) is 0 Å². The molecule has 0 unspecified atom stereocenters. The molecule has 0 aliphatic heterocycles. The van der Waals surface area contributed by atoms with Crippen LogP contribution in [-0.4, -0.2) is 11.9 Å². The smallest absolute Gasteiger partial charge is 0.426 e. The monoisotopic (exact) mass is 395 g/mol. The highest BCUT2D eigenvalue weighted by Crippen LogP contribution is 2.24. The zero-order valence-corrected chi connectivity index (χ0v) is 15.6. The van der Waals surface area contributed by atoms with Crippen molar-refractivity contribution >= 4 is 51.9 Å². The number of rotatable bonds is 4. The first kappa shape index (κ1) is 17.8. The maximum Gasteiger partial charge on any atom is 0.426 e. The molecule has 4 aromatic rings. The minimum atomic E-state index is -0.540. The Morgan fingerprint density at radius 1 is 0.852 bits per heavy atom. The van der Waals surface area contributed by atoms with Gasteiger partial charge in [0.1, 0.15) is 17.1 Å². The molecule has 0 fully saturated rings. The predicted molar refractivity (Wildman–Crippen MR) is 110 cm³/mol. The van der Waals surface area contributed by atoms with Crippen molar-refractivity contribution in [1.29, 1.82) is 0 Å². The standard InChI is InChI=1S/C21H13BCl2FNO/c23-17-9-6-15(7-10-17)22(16-8-11-18(24)19(25)13-16)27-20-5-1-3-14-4-2-12-26-21(14)20/h1-13H. The number of halogens is 3. The molecule has 0 atom stereocenters. The normalized spacial score (nSPS) is 10.8. The van der Waals surface area contributed by atoms with Gasteiger partial charge in [0.2, 0.25) is 0 Å². The van der Waals surface area contributed by atoms with Crippen molar-refractivity contribution in [3.8, 4) is 5.75 Å². The minimum absolute atomic E-state index is 0.0698. The van der Waals surface area contributed by atoms with Gasteiger partial charge < -0.3 is 4.65 Å². The second-order valence-electron chi connectivity index (χ2n) is 6.05. The number of pyridine rings is 1. The van der Waals surface area contributed by atoms with Crippen LogP contribution in [0.25, 0.3) is 10.9 Å². The highest BCUT2D eigenvalue weighted by Gasteiger charge is 2.25. The molecule has 0 bridgehead atoms. The van der Waals surface area contributed by atoms with E-state index in [4.69, 9.17) is 27.9 Å². The van der Waals surface area contributed by atoms with E-state index in [9.17, 15) is 4.39 Å². The van der Waals surface area contributed by atoms with E-state index in [1.165, 1.54) is 12.1 Å². The SMILES string of the molecule is Fc1cc(B(Oc2cccc3cccnc23)c2ccc(Cl)cc2)ccc1Cl. The molecule has 0 aliphatic rings. The number of para-hydroxylation sites is 1. The summed E-state index contributed by atoms with van der Waals surface area (Å²) in [7, 11) is 0. The second-order valence-corrected chi connectivity index (χ2v) is 6.90. The van der Waals surface area contributed by atoms with Gasteiger partial charge in [0.05, 0.1) is 5.02 Å². The van der Waals surface area contributed by atoms with Gasteiger partial charge in [0, 0.05) is 16.6 Å². The molecule has 2 nitrogen and oxygen atoms in total. The molecule has 0 saturated carbocycles. The van der Waals surface area contributed by atoms with Crippen LogP contribution in [-0.2, 0) is 0 Å². The molecule has 4 rings (SSSR count). The van der Waals surface area contributed by atoms with Gasteiger partial charge in [0.15, 0.2) is 0 Å². The Morgan fingerprint density at radius 2 is 1.59 bits per heavy atom. The number of hydrogen-bond acceptors (Lipinski definition) is 2. The third kappa shape index (κ3) is 3.77.